The molecule has 0 aromatic carbocycles. The Hall–Kier alpha value is -0.770. The Bertz CT molecular complexity index is 275. The molecule has 0 aliphatic carbocycles. The number of rotatable bonds is 1. The molecular weight excluding hydrogens is 228 g/mol. The second-order valence-electron chi connectivity index (χ2n) is 5.83. The fourth-order valence-electron chi connectivity index (χ4n) is 3.00. The molecule has 2 amide bonds. The van der Waals surface area contributed by atoms with Crippen molar-refractivity contribution < 1.29 is 9.90 Å². The van der Waals surface area contributed by atoms with Gasteiger partial charge in [0, 0.05) is 19.6 Å². The maximum absolute atomic E-state index is 12.5. The zero-order valence-corrected chi connectivity index (χ0v) is 11.5. The van der Waals surface area contributed by atoms with Crippen LogP contribution in [0.5, 0.6) is 0 Å². The van der Waals surface area contributed by atoms with Gasteiger partial charge in [0.05, 0.1) is 12.6 Å². The van der Waals surface area contributed by atoms with E-state index in [0.717, 1.165) is 57.7 Å². The van der Waals surface area contributed by atoms with Crippen LogP contribution in [0.25, 0.3) is 0 Å². The number of likely N-dealkylation sites (tertiary alicyclic amines) is 2. The SMILES string of the molecule is CC1CCN(C(=O)N2CCCCCC2CO)CC1. The molecule has 4 nitrogen and oxygen atoms in total. The van der Waals surface area contributed by atoms with E-state index >= 15 is 0 Å². The Morgan fingerprint density at radius 1 is 1.11 bits per heavy atom. The van der Waals surface area contributed by atoms with Crippen molar-refractivity contribution in [2.45, 2.75) is 51.5 Å². The number of carbonyl (C=O) groups is 1. The molecule has 2 aliphatic rings. The third-order valence-corrected chi connectivity index (χ3v) is 4.39. The van der Waals surface area contributed by atoms with Gasteiger partial charge in [-0.05, 0) is 31.6 Å². The van der Waals surface area contributed by atoms with E-state index in [0.29, 0.717) is 0 Å². The van der Waals surface area contributed by atoms with Crippen LogP contribution in [0.1, 0.15) is 45.4 Å². The highest BCUT2D eigenvalue weighted by Gasteiger charge is 2.29. The molecule has 1 atom stereocenters. The molecule has 1 unspecified atom stereocenters. The summed E-state index contributed by atoms with van der Waals surface area (Å²) in [5.41, 5.74) is 0. The first kappa shape index (κ1) is 13.7. The van der Waals surface area contributed by atoms with Gasteiger partial charge < -0.3 is 14.9 Å². The molecule has 2 saturated heterocycles. The highest BCUT2D eigenvalue weighted by molar-refractivity contribution is 5.75. The van der Waals surface area contributed by atoms with Crippen molar-refractivity contribution >= 4 is 6.03 Å². The van der Waals surface area contributed by atoms with E-state index in [2.05, 4.69) is 6.92 Å². The van der Waals surface area contributed by atoms with Crippen LogP contribution in [0.2, 0.25) is 0 Å². The van der Waals surface area contributed by atoms with Gasteiger partial charge in [-0.2, -0.15) is 0 Å². The van der Waals surface area contributed by atoms with E-state index in [4.69, 9.17) is 0 Å². The van der Waals surface area contributed by atoms with Crippen LogP contribution in [-0.2, 0) is 0 Å². The standard InChI is InChI=1S/C14H26N2O2/c1-12-6-9-15(10-7-12)14(18)16-8-4-2-3-5-13(16)11-17/h12-13,17H,2-11H2,1H3. The van der Waals surface area contributed by atoms with Gasteiger partial charge in [-0.3, -0.25) is 0 Å². The monoisotopic (exact) mass is 254 g/mol. The lowest BCUT2D eigenvalue weighted by Gasteiger charge is -2.37. The van der Waals surface area contributed by atoms with E-state index in [1.165, 1.54) is 6.42 Å². The molecule has 2 heterocycles. The van der Waals surface area contributed by atoms with Gasteiger partial charge >= 0.3 is 6.03 Å². The molecule has 0 spiro atoms. The van der Waals surface area contributed by atoms with Gasteiger partial charge in [0.15, 0.2) is 0 Å². The van der Waals surface area contributed by atoms with Gasteiger partial charge in [-0.15, -0.1) is 0 Å². The summed E-state index contributed by atoms with van der Waals surface area (Å²) in [6.07, 6.45) is 6.56. The summed E-state index contributed by atoms with van der Waals surface area (Å²) in [7, 11) is 0. The molecule has 0 radical (unpaired) electrons. The Morgan fingerprint density at radius 2 is 1.83 bits per heavy atom. The smallest absolute Gasteiger partial charge is 0.320 e. The molecule has 2 fully saturated rings. The van der Waals surface area contributed by atoms with Crippen molar-refractivity contribution in [2.75, 3.05) is 26.2 Å². The fraction of sp³-hybridized carbons (Fsp3) is 0.929. The largest absolute Gasteiger partial charge is 0.394 e. The topological polar surface area (TPSA) is 43.8 Å². The lowest BCUT2D eigenvalue weighted by molar-refractivity contribution is 0.0964. The summed E-state index contributed by atoms with van der Waals surface area (Å²) < 4.78 is 0. The highest BCUT2D eigenvalue weighted by atomic mass is 16.3. The Kier molecular flexibility index (Phi) is 4.87. The van der Waals surface area contributed by atoms with Gasteiger partial charge in [-0.25, -0.2) is 4.79 Å². The number of hydrogen-bond acceptors (Lipinski definition) is 2. The second-order valence-corrected chi connectivity index (χ2v) is 5.83. The van der Waals surface area contributed by atoms with Crippen molar-refractivity contribution in [3.63, 3.8) is 0 Å². The van der Waals surface area contributed by atoms with Crippen LogP contribution >= 0.6 is 0 Å². The maximum atomic E-state index is 12.5. The quantitative estimate of drug-likeness (QED) is 0.778. The predicted molar refractivity (Wildman–Crippen MR) is 71.4 cm³/mol. The van der Waals surface area contributed by atoms with Gasteiger partial charge in [0.1, 0.15) is 0 Å². The van der Waals surface area contributed by atoms with Crippen LogP contribution in [0.15, 0.2) is 0 Å². The Balaban J connectivity index is 1.96. The molecule has 0 bridgehead atoms. The molecule has 2 rings (SSSR count). The summed E-state index contributed by atoms with van der Waals surface area (Å²) in [5, 5.41) is 9.46. The summed E-state index contributed by atoms with van der Waals surface area (Å²) in [5.74, 6) is 0.742. The van der Waals surface area contributed by atoms with Gasteiger partial charge in [-0.1, -0.05) is 19.8 Å². The second kappa shape index (κ2) is 6.41. The average molecular weight is 254 g/mol. The van der Waals surface area contributed by atoms with Crippen molar-refractivity contribution in [1.82, 2.24) is 9.80 Å². The van der Waals surface area contributed by atoms with Crippen molar-refractivity contribution in [1.29, 1.82) is 0 Å². The highest BCUT2D eigenvalue weighted by Crippen LogP contribution is 2.21. The van der Waals surface area contributed by atoms with E-state index < -0.39 is 0 Å². The Morgan fingerprint density at radius 3 is 2.50 bits per heavy atom. The minimum absolute atomic E-state index is 0.0411. The first-order valence-corrected chi connectivity index (χ1v) is 7.38. The molecule has 18 heavy (non-hydrogen) atoms. The first-order chi connectivity index (χ1) is 8.72. The van der Waals surface area contributed by atoms with Gasteiger partial charge in [0.25, 0.3) is 0 Å². The zero-order chi connectivity index (χ0) is 13.0. The molecule has 104 valence electrons. The van der Waals surface area contributed by atoms with Crippen molar-refractivity contribution in [3.05, 3.63) is 0 Å². The van der Waals surface area contributed by atoms with Crippen molar-refractivity contribution in [3.8, 4) is 0 Å². The third kappa shape index (κ3) is 3.16. The summed E-state index contributed by atoms with van der Waals surface area (Å²) >= 11 is 0. The number of hydrogen-bond donors (Lipinski definition) is 1. The minimum atomic E-state index is 0.0411. The number of aliphatic hydroxyl groups is 1. The average Bonchev–Trinajstić information content (AvgIpc) is 2.63. The number of urea groups is 1. The van der Waals surface area contributed by atoms with Crippen LogP contribution in [0.4, 0.5) is 4.79 Å². The number of piperidine rings is 1. The molecule has 0 aromatic rings. The minimum Gasteiger partial charge on any atom is -0.394 e. The molecule has 0 saturated carbocycles. The number of nitrogens with zero attached hydrogens (tertiary/aromatic N) is 2. The summed E-state index contributed by atoms with van der Waals surface area (Å²) in [4.78, 5) is 16.4. The predicted octanol–water partition coefficient (Wildman–Crippen LogP) is 2.08. The van der Waals surface area contributed by atoms with E-state index in [1.807, 2.05) is 9.80 Å². The lowest BCUT2D eigenvalue weighted by Crippen LogP contribution is -2.51. The summed E-state index contributed by atoms with van der Waals surface area (Å²) in [6.45, 7) is 4.94. The van der Waals surface area contributed by atoms with E-state index in [-0.39, 0.29) is 18.7 Å². The van der Waals surface area contributed by atoms with E-state index in [9.17, 15) is 9.90 Å². The van der Waals surface area contributed by atoms with Crippen LogP contribution in [0, 0.1) is 5.92 Å². The van der Waals surface area contributed by atoms with Crippen LogP contribution in [0.3, 0.4) is 0 Å². The first-order valence-electron chi connectivity index (χ1n) is 7.38. The lowest BCUT2D eigenvalue weighted by atomic mass is 9.99. The zero-order valence-electron chi connectivity index (χ0n) is 11.5. The number of aliphatic hydroxyl groups excluding tert-OH is 1. The number of amides is 2. The molecule has 4 heteroatoms. The van der Waals surface area contributed by atoms with E-state index in [1.54, 1.807) is 0 Å². The van der Waals surface area contributed by atoms with Crippen LogP contribution in [-0.4, -0.2) is 53.2 Å². The fourth-order valence-corrected chi connectivity index (χ4v) is 3.00. The Labute approximate surface area is 110 Å². The third-order valence-electron chi connectivity index (χ3n) is 4.39. The molecule has 2 aliphatic heterocycles. The van der Waals surface area contributed by atoms with Crippen molar-refractivity contribution in [2.24, 2.45) is 5.92 Å². The maximum Gasteiger partial charge on any atom is 0.320 e. The van der Waals surface area contributed by atoms with Crippen LogP contribution < -0.4 is 0 Å². The molecule has 1 N–H and O–H groups in total. The molecule has 0 aromatic heterocycles. The number of carbonyl (C=O) groups excluding carboxylic acids is 1. The van der Waals surface area contributed by atoms with Gasteiger partial charge in [0.2, 0.25) is 0 Å². The molecular formula is C14H26N2O2. The summed E-state index contributed by atoms with van der Waals surface area (Å²) in [6, 6.07) is 0.196. The normalized spacial score (nSPS) is 27.1.